The minimum atomic E-state index is -0.711. The Morgan fingerprint density at radius 2 is 2.06 bits per heavy atom. The first-order valence-corrected chi connectivity index (χ1v) is 11.5. The van der Waals surface area contributed by atoms with Gasteiger partial charge in [-0.25, -0.2) is 9.79 Å². The zero-order chi connectivity index (χ0) is 23.8. The van der Waals surface area contributed by atoms with Crippen LogP contribution in [-0.2, 0) is 9.53 Å². The Bertz CT molecular complexity index is 1500. The third kappa shape index (κ3) is 3.77. The number of allylic oxidation sites excluding steroid dienone is 1. The van der Waals surface area contributed by atoms with Crippen LogP contribution in [0, 0.1) is 0 Å². The number of hydrogen-bond acceptors (Lipinski definition) is 8. The first-order chi connectivity index (χ1) is 16.5. The van der Waals surface area contributed by atoms with Crippen molar-refractivity contribution in [1.29, 1.82) is 0 Å². The van der Waals surface area contributed by atoms with Crippen LogP contribution in [0.15, 0.2) is 63.5 Å². The van der Waals surface area contributed by atoms with Gasteiger partial charge in [-0.1, -0.05) is 29.5 Å². The van der Waals surface area contributed by atoms with E-state index in [-0.39, 0.29) is 19.0 Å². The second kappa shape index (κ2) is 8.83. The molecule has 5 rings (SSSR count). The second-order valence-electron chi connectivity index (χ2n) is 7.69. The molecule has 174 valence electrons. The fourth-order valence-electron chi connectivity index (χ4n) is 4.07. The summed E-state index contributed by atoms with van der Waals surface area (Å²) in [5.41, 5.74) is 2.11. The molecule has 3 heterocycles. The lowest BCUT2D eigenvalue weighted by Gasteiger charge is -2.24. The van der Waals surface area contributed by atoms with Gasteiger partial charge in [0.2, 0.25) is 6.79 Å². The molecule has 0 aliphatic carbocycles. The summed E-state index contributed by atoms with van der Waals surface area (Å²) in [6.07, 6.45) is 1.80. The molecular formula is C25H22N2O6S. The first-order valence-electron chi connectivity index (χ1n) is 10.7. The fraction of sp³-hybridized carbons (Fsp3) is 0.240. The summed E-state index contributed by atoms with van der Waals surface area (Å²) >= 11 is 1.27. The Hall–Kier alpha value is -3.85. The van der Waals surface area contributed by atoms with Crippen LogP contribution in [-0.4, -0.2) is 31.0 Å². The van der Waals surface area contributed by atoms with Gasteiger partial charge in [-0.05, 0) is 55.3 Å². The zero-order valence-electron chi connectivity index (χ0n) is 18.9. The Labute approximate surface area is 199 Å². The van der Waals surface area contributed by atoms with Crippen molar-refractivity contribution in [2.45, 2.75) is 19.9 Å². The van der Waals surface area contributed by atoms with Gasteiger partial charge >= 0.3 is 5.97 Å². The highest BCUT2D eigenvalue weighted by Gasteiger charge is 2.34. The molecule has 2 aliphatic heterocycles. The molecule has 8 nitrogen and oxygen atoms in total. The van der Waals surface area contributed by atoms with E-state index in [0.717, 1.165) is 5.56 Å². The van der Waals surface area contributed by atoms with Crippen molar-refractivity contribution in [2.75, 3.05) is 20.5 Å². The maximum atomic E-state index is 13.6. The van der Waals surface area contributed by atoms with Crippen LogP contribution in [0.25, 0.3) is 6.08 Å². The predicted molar refractivity (Wildman–Crippen MR) is 126 cm³/mol. The number of carbonyl (C=O) groups is 1. The molecule has 0 amide bonds. The number of benzene rings is 2. The quantitative estimate of drug-likeness (QED) is 0.524. The van der Waals surface area contributed by atoms with Gasteiger partial charge in [-0.2, -0.15) is 0 Å². The highest BCUT2D eigenvalue weighted by Crippen LogP contribution is 2.38. The van der Waals surface area contributed by atoms with E-state index in [1.807, 2.05) is 30.3 Å². The van der Waals surface area contributed by atoms with Crippen LogP contribution in [0.1, 0.15) is 31.0 Å². The van der Waals surface area contributed by atoms with Crippen molar-refractivity contribution in [3.05, 3.63) is 84.5 Å². The number of aromatic nitrogens is 1. The van der Waals surface area contributed by atoms with E-state index >= 15 is 0 Å². The molecule has 9 heteroatoms. The molecule has 2 aliphatic rings. The van der Waals surface area contributed by atoms with Crippen molar-refractivity contribution >= 4 is 23.4 Å². The van der Waals surface area contributed by atoms with E-state index in [2.05, 4.69) is 4.99 Å². The van der Waals surface area contributed by atoms with Crippen LogP contribution < -0.4 is 29.1 Å². The maximum Gasteiger partial charge on any atom is 0.338 e. The summed E-state index contributed by atoms with van der Waals surface area (Å²) in [4.78, 5) is 31.7. The lowest BCUT2D eigenvalue weighted by atomic mass is 9.95. The van der Waals surface area contributed by atoms with Crippen molar-refractivity contribution in [1.82, 2.24) is 4.57 Å². The summed E-state index contributed by atoms with van der Waals surface area (Å²) in [5.74, 6) is 1.37. The molecule has 1 atom stereocenters. The molecule has 0 spiro atoms. The summed E-state index contributed by atoms with van der Waals surface area (Å²) < 4.78 is 23.6. The van der Waals surface area contributed by atoms with Gasteiger partial charge in [0.15, 0.2) is 16.3 Å². The average Bonchev–Trinajstić information content (AvgIpc) is 3.42. The van der Waals surface area contributed by atoms with Crippen molar-refractivity contribution < 1.29 is 23.7 Å². The molecule has 0 saturated heterocycles. The van der Waals surface area contributed by atoms with E-state index in [1.165, 1.54) is 11.3 Å². The molecule has 3 aromatic rings. The molecule has 2 aromatic carbocycles. The monoisotopic (exact) mass is 478 g/mol. The van der Waals surface area contributed by atoms with Crippen molar-refractivity contribution in [3.8, 4) is 17.2 Å². The van der Waals surface area contributed by atoms with E-state index < -0.39 is 12.0 Å². The average molecular weight is 479 g/mol. The Kier molecular flexibility index (Phi) is 5.70. The fourth-order valence-corrected chi connectivity index (χ4v) is 5.12. The predicted octanol–water partition coefficient (Wildman–Crippen LogP) is 2.54. The summed E-state index contributed by atoms with van der Waals surface area (Å²) in [6.45, 7) is 3.84. The lowest BCUT2D eigenvalue weighted by molar-refractivity contribution is -0.139. The maximum absolute atomic E-state index is 13.6. The largest absolute Gasteiger partial charge is 0.497 e. The van der Waals surface area contributed by atoms with Gasteiger partial charge in [0.25, 0.3) is 5.56 Å². The number of ether oxygens (including phenoxy) is 4. The highest BCUT2D eigenvalue weighted by atomic mass is 32.1. The van der Waals surface area contributed by atoms with Crippen LogP contribution in [0.4, 0.5) is 0 Å². The number of thiazole rings is 1. The molecule has 1 unspecified atom stereocenters. The summed E-state index contributed by atoms with van der Waals surface area (Å²) in [6, 6.07) is 12.1. The van der Waals surface area contributed by atoms with Crippen LogP contribution in [0.3, 0.4) is 0 Å². The zero-order valence-corrected chi connectivity index (χ0v) is 19.7. The molecule has 0 N–H and O–H groups in total. The molecule has 0 saturated carbocycles. The van der Waals surface area contributed by atoms with Gasteiger partial charge < -0.3 is 18.9 Å². The van der Waals surface area contributed by atoms with Gasteiger partial charge in [0.1, 0.15) is 5.75 Å². The Balaban J connectivity index is 1.71. The first kappa shape index (κ1) is 22.0. The third-order valence-electron chi connectivity index (χ3n) is 5.62. The lowest BCUT2D eigenvalue weighted by Crippen LogP contribution is -2.39. The highest BCUT2D eigenvalue weighted by molar-refractivity contribution is 7.07. The number of methoxy groups -OCH3 is 1. The Morgan fingerprint density at radius 1 is 1.24 bits per heavy atom. The number of fused-ring (bicyclic) bond motifs is 2. The SMILES string of the molecule is CCOC(=O)C1=C(C)N=c2sc(=Cc3cccc(OC)c3)c(=O)n2C1c1ccc2c(c1)OCO2. The van der Waals surface area contributed by atoms with E-state index in [9.17, 15) is 9.59 Å². The number of rotatable bonds is 5. The van der Waals surface area contributed by atoms with Crippen LogP contribution >= 0.6 is 11.3 Å². The third-order valence-corrected chi connectivity index (χ3v) is 6.60. The van der Waals surface area contributed by atoms with Crippen LogP contribution in [0.5, 0.6) is 17.2 Å². The number of carbonyl (C=O) groups excluding carboxylic acids is 1. The molecule has 0 bridgehead atoms. The summed E-state index contributed by atoms with van der Waals surface area (Å²) in [5, 5.41) is 0. The normalized spacial score (nSPS) is 16.8. The van der Waals surface area contributed by atoms with Crippen LogP contribution in [0.2, 0.25) is 0 Å². The minimum absolute atomic E-state index is 0.127. The van der Waals surface area contributed by atoms with Gasteiger partial charge in [-0.15, -0.1) is 0 Å². The molecule has 34 heavy (non-hydrogen) atoms. The molecule has 0 fully saturated rings. The van der Waals surface area contributed by atoms with E-state index in [4.69, 9.17) is 18.9 Å². The molecular weight excluding hydrogens is 456 g/mol. The van der Waals surface area contributed by atoms with Gasteiger partial charge in [-0.3, -0.25) is 9.36 Å². The smallest absolute Gasteiger partial charge is 0.338 e. The Morgan fingerprint density at radius 3 is 2.85 bits per heavy atom. The van der Waals surface area contributed by atoms with Gasteiger partial charge in [0.05, 0.1) is 35.6 Å². The van der Waals surface area contributed by atoms with Crippen molar-refractivity contribution in [2.24, 2.45) is 4.99 Å². The second-order valence-corrected chi connectivity index (χ2v) is 8.70. The topological polar surface area (TPSA) is 88.4 Å². The summed E-state index contributed by atoms with van der Waals surface area (Å²) in [7, 11) is 1.60. The number of nitrogens with zero attached hydrogens (tertiary/aromatic N) is 2. The number of esters is 1. The number of hydrogen-bond donors (Lipinski definition) is 0. The standard InChI is InChI=1S/C25H22N2O6S/c1-4-31-24(29)21-14(2)26-25-27(22(21)16-8-9-18-19(12-16)33-13-32-18)23(28)20(34-25)11-15-6-5-7-17(10-15)30-3/h5-12,22H,4,13H2,1-3H3. The van der Waals surface area contributed by atoms with Crippen molar-refractivity contribution in [3.63, 3.8) is 0 Å². The van der Waals surface area contributed by atoms with E-state index in [1.54, 1.807) is 43.7 Å². The van der Waals surface area contributed by atoms with Gasteiger partial charge in [0, 0.05) is 0 Å². The molecule has 0 radical (unpaired) electrons. The van der Waals surface area contributed by atoms with E-state index in [0.29, 0.717) is 43.4 Å². The molecule has 1 aromatic heterocycles. The minimum Gasteiger partial charge on any atom is -0.497 e.